The lowest BCUT2D eigenvalue weighted by Crippen LogP contribution is -2.12. The van der Waals surface area contributed by atoms with Crippen molar-refractivity contribution in [1.82, 2.24) is 25.1 Å². The highest BCUT2D eigenvalue weighted by molar-refractivity contribution is 5.82. The molecular formula is C22H24FN7O. The minimum absolute atomic E-state index is 0.0385. The molecule has 0 spiro atoms. The van der Waals surface area contributed by atoms with E-state index < -0.39 is 5.82 Å². The molecule has 0 unspecified atom stereocenters. The number of hydrogen-bond donors (Lipinski definition) is 4. The molecule has 3 aromatic heterocycles. The van der Waals surface area contributed by atoms with Crippen LogP contribution in [0.3, 0.4) is 0 Å². The molecule has 0 aliphatic heterocycles. The van der Waals surface area contributed by atoms with Crippen molar-refractivity contribution < 1.29 is 9.13 Å². The van der Waals surface area contributed by atoms with Crippen molar-refractivity contribution in [2.24, 2.45) is 0 Å². The summed E-state index contributed by atoms with van der Waals surface area (Å²) in [4.78, 5) is 11.9. The summed E-state index contributed by atoms with van der Waals surface area (Å²) in [5, 5.41) is 14.3. The maximum Gasteiger partial charge on any atom is 0.326 e. The minimum atomic E-state index is -0.455. The first-order valence-electron chi connectivity index (χ1n) is 10.4. The number of rotatable bonds is 7. The Hall–Kier alpha value is -3.62. The second-order valence-corrected chi connectivity index (χ2v) is 8.22. The van der Waals surface area contributed by atoms with E-state index in [2.05, 4.69) is 35.8 Å². The minimum Gasteiger partial charge on any atom is -0.421 e. The lowest BCUT2D eigenvalue weighted by atomic mass is 10.2. The van der Waals surface area contributed by atoms with E-state index >= 15 is 0 Å². The van der Waals surface area contributed by atoms with E-state index in [-0.39, 0.29) is 17.8 Å². The third-order valence-corrected chi connectivity index (χ3v) is 5.05. The van der Waals surface area contributed by atoms with E-state index in [1.807, 2.05) is 26.8 Å². The van der Waals surface area contributed by atoms with Gasteiger partial charge >= 0.3 is 6.01 Å². The number of nitrogens with zero attached hydrogens (tertiary/aromatic N) is 3. The van der Waals surface area contributed by atoms with Crippen LogP contribution >= 0.6 is 0 Å². The number of fused-ring (bicyclic) bond motifs is 1. The highest BCUT2D eigenvalue weighted by atomic mass is 19.1. The summed E-state index contributed by atoms with van der Waals surface area (Å²) in [5.74, 6) is 1.91. The standard InChI is InChI=1S/C22H24FN7O/c1-11(2)24-18-10-19(26-20-9-16(29-30-20)13-4-5-13)28-22(27-18)31-17-7-6-15-14(21(17)23)8-12(3)25-15/h6-11,13,25H,4-5H2,1-3H3,(H3,24,26,27,28,29,30). The molecule has 9 heteroatoms. The fourth-order valence-electron chi connectivity index (χ4n) is 3.51. The average Bonchev–Trinajstić information content (AvgIpc) is 3.33. The Morgan fingerprint density at radius 3 is 2.68 bits per heavy atom. The summed E-state index contributed by atoms with van der Waals surface area (Å²) < 4.78 is 20.7. The summed E-state index contributed by atoms with van der Waals surface area (Å²) >= 11 is 0. The predicted molar refractivity (Wildman–Crippen MR) is 118 cm³/mol. The van der Waals surface area contributed by atoms with Gasteiger partial charge in [0.1, 0.15) is 11.6 Å². The van der Waals surface area contributed by atoms with Crippen molar-refractivity contribution in [3.8, 4) is 11.8 Å². The molecule has 0 radical (unpaired) electrons. The Balaban J connectivity index is 1.45. The molecule has 0 saturated heterocycles. The first-order chi connectivity index (χ1) is 14.9. The maximum absolute atomic E-state index is 15.0. The van der Waals surface area contributed by atoms with Gasteiger partial charge in [-0.3, -0.25) is 5.10 Å². The van der Waals surface area contributed by atoms with E-state index in [1.165, 1.54) is 12.8 Å². The molecule has 5 rings (SSSR count). The zero-order chi connectivity index (χ0) is 21.5. The first kappa shape index (κ1) is 19.3. The molecular weight excluding hydrogens is 397 g/mol. The number of nitrogens with one attached hydrogen (secondary N) is 4. The van der Waals surface area contributed by atoms with Gasteiger partial charge in [-0.05, 0) is 51.8 Å². The number of benzene rings is 1. The Kier molecular flexibility index (Phi) is 4.72. The number of aromatic nitrogens is 5. The Morgan fingerprint density at radius 2 is 1.90 bits per heavy atom. The lowest BCUT2D eigenvalue weighted by molar-refractivity contribution is 0.415. The lowest BCUT2D eigenvalue weighted by Gasteiger charge is -2.13. The van der Waals surface area contributed by atoms with E-state index in [1.54, 1.807) is 24.3 Å². The fourth-order valence-corrected chi connectivity index (χ4v) is 3.51. The highest BCUT2D eigenvalue weighted by Crippen LogP contribution is 2.39. The molecule has 1 saturated carbocycles. The Bertz CT molecular complexity index is 1240. The van der Waals surface area contributed by atoms with Crippen molar-refractivity contribution in [1.29, 1.82) is 0 Å². The van der Waals surface area contributed by atoms with Crippen molar-refractivity contribution in [3.63, 3.8) is 0 Å². The zero-order valence-electron chi connectivity index (χ0n) is 17.6. The van der Waals surface area contributed by atoms with E-state index in [0.717, 1.165) is 11.4 Å². The van der Waals surface area contributed by atoms with Crippen LogP contribution in [0.5, 0.6) is 11.8 Å². The van der Waals surface area contributed by atoms with Crippen LogP contribution in [-0.4, -0.2) is 31.2 Å². The summed E-state index contributed by atoms with van der Waals surface area (Å²) in [6.07, 6.45) is 2.37. The molecule has 0 amide bonds. The highest BCUT2D eigenvalue weighted by Gasteiger charge is 2.25. The summed E-state index contributed by atoms with van der Waals surface area (Å²) in [6.45, 7) is 5.90. The first-order valence-corrected chi connectivity index (χ1v) is 10.4. The number of ether oxygens (including phenoxy) is 1. The monoisotopic (exact) mass is 421 g/mol. The number of aryl methyl sites for hydroxylation is 1. The molecule has 1 fully saturated rings. The van der Waals surface area contributed by atoms with Gasteiger partial charge in [0.2, 0.25) is 0 Å². The third kappa shape index (κ3) is 4.16. The van der Waals surface area contributed by atoms with Crippen LogP contribution in [-0.2, 0) is 0 Å². The SMILES string of the molecule is Cc1cc2c(F)c(Oc3nc(Nc4cc(C5CC5)[nH]n4)cc(NC(C)C)n3)ccc2[nH]1. The van der Waals surface area contributed by atoms with Crippen molar-refractivity contribution in [2.75, 3.05) is 10.6 Å². The van der Waals surface area contributed by atoms with Crippen molar-refractivity contribution >= 4 is 28.4 Å². The number of H-pyrrole nitrogens is 2. The summed E-state index contributed by atoms with van der Waals surface area (Å²) in [6, 6.07) is 9.04. The van der Waals surface area contributed by atoms with Crippen molar-refractivity contribution in [3.05, 3.63) is 47.5 Å². The van der Waals surface area contributed by atoms with Gasteiger partial charge in [-0.25, -0.2) is 4.39 Å². The Labute approximate surface area is 178 Å². The van der Waals surface area contributed by atoms with Gasteiger partial charge in [-0.1, -0.05) is 0 Å². The predicted octanol–water partition coefficient (Wildman–Crippen LogP) is 5.36. The molecule has 4 aromatic rings. The summed E-state index contributed by atoms with van der Waals surface area (Å²) in [7, 11) is 0. The van der Waals surface area contributed by atoms with Gasteiger partial charge in [0.25, 0.3) is 0 Å². The second kappa shape index (κ2) is 7.57. The van der Waals surface area contributed by atoms with Gasteiger partial charge < -0.3 is 20.4 Å². The molecule has 0 bridgehead atoms. The third-order valence-electron chi connectivity index (χ3n) is 5.05. The number of hydrogen-bond acceptors (Lipinski definition) is 6. The van der Waals surface area contributed by atoms with Gasteiger partial charge in [0.15, 0.2) is 17.4 Å². The zero-order valence-corrected chi connectivity index (χ0v) is 17.6. The molecule has 1 aliphatic rings. The van der Waals surface area contributed by atoms with Crippen LogP contribution in [0.4, 0.5) is 21.8 Å². The molecule has 31 heavy (non-hydrogen) atoms. The van der Waals surface area contributed by atoms with Gasteiger partial charge in [0, 0.05) is 46.4 Å². The molecule has 1 aromatic carbocycles. The molecule has 160 valence electrons. The van der Waals surface area contributed by atoms with Gasteiger partial charge in [0.05, 0.1) is 0 Å². The van der Waals surface area contributed by atoms with Gasteiger partial charge in [-0.15, -0.1) is 0 Å². The van der Waals surface area contributed by atoms with E-state index in [9.17, 15) is 4.39 Å². The smallest absolute Gasteiger partial charge is 0.326 e. The van der Waals surface area contributed by atoms with E-state index in [0.29, 0.717) is 34.3 Å². The number of halogens is 1. The molecule has 1 aliphatic carbocycles. The average molecular weight is 421 g/mol. The van der Waals surface area contributed by atoms with Crippen molar-refractivity contribution in [2.45, 2.75) is 45.6 Å². The number of aromatic amines is 2. The molecule has 8 nitrogen and oxygen atoms in total. The maximum atomic E-state index is 15.0. The largest absolute Gasteiger partial charge is 0.421 e. The molecule has 4 N–H and O–H groups in total. The topological polar surface area (TPSA) is 104 Å². The van der Waals surface area contributed by atoms with Crippen LogP contribution in [0, 0.1) is 12.7 Å². The van der Waals surface area contributed by atoms with Gasteiger partial charge in [-0.2, -0.15) is 15.1 Å². The van der Waals surface area contributed by atoms with Crippen LogP contribution in [0.25, 0.3) is 10.9 Å². The fraction of sp³-hybridized carbons (Fsp3) is 0.318. The molecule has 3 heterocycles. The van der Waals surface area contributed by atoms with Crippen LogP contribution < -0.4 is 15.4 Å². The molecule has 0 atom stereocenters. The Morgan fingerprint density at radius 1 is 1.10 bits per heavy atom. The van der Waals surface area contributed by atoms with Crippen LogP contribution in [0.2, 0.25) is 0 Å². The van der Waals surface area contributed by atoms with Crippen LogP contribution in [0.1, 0.15) is 44.0 Å². The summed E-state index contributed by atoms with van der Waals surface area (Å²) in [5.41, 5.74) is 2.71. The normalized spacial score (nSPS) is 13.7. The quantitative estimate of drug-likeness (QED) is 0.320. The second-order valence-electron chi connectivity index (χ2n) is 8.22. The van der Waals surface area contributed by atoms with E-state index in [4.69, 9.17) is 4.74 Å². The number of anilines is 3. The van der Waals surface area contributed by atoms with Crippen LogP contribution in [0.15, 0.2) is 30.3 Å².